The van der Waals surface area contributed by atoms with Crippen LogP contribution in [0.15, 0.2) is 97.3 Å². The van der Waals surface area contributed by atoms with E-state index in [-0.39, 0.29) is 24.6 Å². The number of ether oxygens (including phenoxy) is 3. The second-order valence-electron chi connectivity index (χ2n) is 7.86. The highest BCUT2D eigenvalue weighted by Crippen LogP contribution is 2.30. The fraction of sp³-hybridized carbons (Fsp3) is 0.172. The first-order valence-corrected chi connectivity index (χ1v) is 13.2. The number of hydrogen-bond donors (Lipinski definition) is 0. The number of nitrogens with zero attached hydrogens (tertiary/aromatic N) is 1. The van der Waals surface area contributed by atoms with Crippen LogP contribution in [0.3, 0.4) is 0 Å². The lowest BCUT2D eigenvalue weighted by Gasteiger charge is -2.19. The molecule has 200 valence electrons. The predicted molar refractivity (Wildman–Crippen MR) is 149 cm³/mol. The Bertz CT molecular complexity index is 1300. The van der Waals surface area contributed by atoms with Crippen molar-refractivity contribution in [3.63, 3.8) is 0 Å². The van der Waals surface area contributed by atoms with Crippen LogP contribution in [0.2, 0.25) is 0 Å². The number of allylic oxidation sites excluding steroid dienone is 1. The third-order valence-corrected chi connectivity index (χ3v) is 5.84. The first kappa shape index (κ1) is 29.9. The fourth-order valence-corrected chi connectivity index (χ4v) is 3.86. The van der Waals surface area contributed by atoms with Crippen molar-refractivity contribution in [3.05, 3.63) is 108 Å². The van der Waals surface area contributed by atoms with Crippen LogP contribution in [-0.4, -0.2) is 45.1 Å². The van der Waals surface area contributed by atoms with Crippen molar-refractivity contribution < 1.29 is 32.2 Å². The number of amides is 1. The Hall–Kier alpha value is -4.37. The van der Waals surface area contributed by atoms with Crippen molar-refractivity contribution in [2.45, 2.75) is 13.3 Å². The smallest absolute Gasteiger partial charge is 0.415 e. The average Bonchev–Trinajstić information content (AvgIpc) is 2.88. The number of hydrogen-bond acceptors (Lipinski definition) is 7. The minimum absolute atomic E-state index is 0.0174. The summed E-state index contributed by atoms with van der Waals surface area (Å²) in [6, 6.07) is 11.7. The molecule has 8 nitrogen and oxygen atoms in total. The Labute approximate surface area is 223 Å². The third kappa shape index (κ3) is 10.3. The van der Waals surface area contributed by atoms with Crippen LogP contribution >= 0.6 is 0 Å². The van der Waals surface area contributed by atoms with Crippen molar-refractivity contribution in [1.29, 1.82) is 0 Å². The van der Waals surface area contributed by atoms with Crippen LogP contribution in [-0.2, 0) is 21.1 Å². The molecule has 0 spiro atoms. The molecule has 9 heteroatoms. The topological polar surface area (TPSA) is 99.2 Å². The molecule has 38 heavy (non-hydrogen) atoms. The van der Waals surface area contributed by atoms with Crippen LogP contribution in [0, 0.1) is 0 Å². The summed E-state index contributed by atoms with van der Waals surface area (Å²) < 4.78 is 41.0. The zero-order chi connectivity index (χ0) is 28.0. The first-order valence-electron chi connectivity index (χ1n) is 11.6. The van der Waals surface area contributed by atoms with Gasteiger partial charge in [-0.3, -0.25) is 4.79 Å². The lowest BCUT2D eigenvalue weighted by atomic mass is 10.1. The largest absolute Gasteiger partial charge is 0.490 e. The zero-order valence-electron chi connectivity index (χ0n) is 21.2. The maximum Gasteiger partial charge on any atom is 0.415 e. The molecule has 0 N–H and O–H groups in total. The van der Waals surface area contributed by atoms with Crippen LogP contribution in [0.25, 0.3) is 6.08 Å². The molecule has 0 heterocycles. The Kier molecular flexibility index (Phi) is 11.8. The van der Waals surface area contributed by atoms with Crippen LogP contribution in [0.5, 0.6) is 17.2 Å². The molecule has 0 saturated heterocycles. The Morgan fingerprint density at radius 1 is 0.895 bits per heavy atom. The van der Waals surface area contributed by atoms with Gasteiger partial charge in [0.2, 0.25) is 0 Å². The molecule has 2 aromatic carbocycles. The molecule has 0 aliphatic rings. The average molecular weight is 538 g/mol. The Balaban J connectivity index is 2.15. The van der Waals surface area contributed by atoms with Crippen LogP contribution in [0.1, 0.15) is 18.1 Å². The van der Waals surface area contributed by atoms with Crippen molar-refractivity contribution in [2.75, 3.05) is 19.7 Å². The summed E-state index contributed by atoms with van der Waals surface area (Å²) in [5, 5.41) is 2.14. The molecule has 0 unspecified atom stereocenters. The summed E-state index contributed by atoms with van der Waals surface area (Å²) in [4.78, 5) is 25.4. The van der Waals surface area contributed by atoms with E-state index in [0.717, 1.165) is 16.4 Å². The Morgan fingerprint density at radius 3 is 2.18 bits per heavy atom. The van der Waals surface area contributed by atoms with E-state index in [4.69, 9.17) is 14.2 Å². The van der Waals surface area contributed by atoms with Gasteiger partial charge in [-0.05, 0) is 47.9 Å². The van der Waals surface area contributed by atoms with Gasteiger partial charge >= 0.3 is 12.1 Å². The number of rotatable bonds is 14. The Morgan fingerprint density at radius 2 is 1.58 bits per heavy atom. The maximum absolute atomic E-state index is 12.6. The normalized spacial score (nSPS) is 11.2. The van der Waals surface area contributed by atoms with Gasteiger partial charge in [0.1, 0.15) is 12.4 Å². The second kappa shape index (κ2) is 15.0. The van der Waals surface area contributed by atoms with Crippen molar-refractivity contribution in [2.24, 2.45) is 0 Å². The van der Waals surface area contributed by atoms with Gasteiger partial charge in [-0.25, -0.2) is 13.2 Å². The molecular weight excluding hydrogens is 506 g/mol. The molecule has 0 aromatic heterocycles. The van der Waals surface area contributed by atoms with E-state index in [2.05, 4.69) is 19.7 Å². The van der Waals surface area contributed by atoms with Crippen LogP contribution < -0.4 is 14.2 Å². The number of esters is 1. The van der Waals surface area contributed by atoms with Crippen LogP contribution in [0.4, 0.5) is 4.79 Å². The van der Waals surface area contributed by atoms with Gasteiger partial charge in [-0.15, -0.1) is 13.2 Å². The third-order valence-electron chi connectivity index (χ3n) is 4.76. The highest BCUT2D eigenvalue weighted by atomic mass is 32.2. The molecule has 1 amide bonds. The molecule has 0 radical (unpaired) electrons. The van der Waals surface area contributed by atoms with Gasteiger partial charge in [0, 0.05) is 30.8 Å². The first-order chi connectivity index (χ1) is 18.2. The minimum atomic E-state index is -3.68. The summed E-state index contributed by atoms with van der Waals surface area (Å²) in [6.07, 6.45) is 7.31. The van der Waals surface area contributed by atoms with Gasteiger partial charge in [-0.1, -0.05) is 49.1 Å². The lowest BCUT2D eigenvalue weighted by Crippen LogP contribution is -2.33. The van der Waals surface area contributed by atoms with Gasteiger partial charge in [0.05, 0.1) is 0 Å². The van der Waals surface area contributed by atoms with Crippen molar-refractivity contribution in [3.8, 4) is 17.2 Å². The SMILES string of the molecule is C=CCOc1ccc(C/C=C/S(=O)(=O)/C=C/c2ccc(OC(C)=O)c(OC(=O)N(CC=C)CC=C)c2)cc1. The van der Waals surface area contributed by atoms with Crippen molar-refractivity contribution >= 4 is 28.0 Å². The standard InChI is InChI=1S/C29H31NO7S/c1-5-17-30(18-6-2)29(32)37-28-22-25(12-15-27(28)36-23(4)31)16-21-38(33,34)20-8-9-24-10-13-26(14-11-24)35-19-7-3/h5-8,10-16,20-22H,1-3,9,17-19H2,4H3/b20-8+,21-16+. The molecule has 0 fully saturated rings. The number of benzene rings is 2. The van der Waals surface area contributed by atoms with E-state index in [9.17, 15) is 18.0 Å². The van der Waals surface area contributed by atoms with Gasteiger partial charge < -0.3 is 19.1 Å². The summed E-state index contributed by atoms with van der Waals surface area (Å²) in [5.41, 5.74) is 1.33. The highest BCUT2D eigenvalue weighted by molar-refractivity contribution is 7.97. The van der Waals surface area contributed by atoms with E-state index in [1.165, 1.54) is 48.3 Å². The summed E-state index contributed by atoms with van der Waals surface area (Å²) in [7, 11) is -3.68. The highest BCUT2D eigenvalue weighted by Gasteiger charge is 2.17. The predicted octanol–water partition coefficient (Wildman–Crippen LogP) is 5.49. The van der Waals surface area contributed by atoms with Crippen molar-refractivity contribution in [1.82, 2.24) is 4.90 Å². The van der Waals surface area contributed by atoms with E-state index < -0.39 is 21.9 Å². The molecule has 0 saturated carbocycles. The lowest BCUT2D eigenvalue weighted by molar-refractivity contribution is -0.132. The molecule has 0 atom stereocenters. The maximum atomic E-state index is 12.6. The number of carbonyl (C=O) groups is 2. The second-order valence-corrected chi connectivity index (χ2v) is 9.58. The summed E-state index contributed by atoms with van der Waals surface area (Å²) in [6.45, 7) is 12.9. The monoisotopic (exact) mass is 537 g/mol. The molecule has 0 aliphatic heterocycles. The van der Waals surface area contributed by atoms with E-state index in [1.807, 2.05) is 12.1 Å². The van der Waals surface area contributed by atoms with Gasteiger partial charge in [-0.2, -0.15) is 0 Å². The number of carbonyl (C=O) groups excluding carboxylic acids is 2. The van der Waals surface area contributed by atoms with Gasteiger partial charge in [0.15, 0.2) is 21.3 Å². The van der Waals surface area contributed by atoms with E-state index >= 15 is 0 Å². The molecule has 0 bridgehead atoms. The molecular formula is C29H31NO7S. The molecule has 2 aromatic rings. The summed E-state index contributed by atoms with van der Waals surface area (Å²) in [5.74, 6) is 0.0705. The molecule has 2 rings (SSSR count). The minimum Gasteiger partial charge on any atom is -0.490 e. The number of sulfone groups is 1. The van der Waals surface area contributed by atoms with E-state index in [1.54, 1.807) is 24.3 Å². The zero-order valence-corrected chi connectivity index (χ0v) is 22.1. The fourth-order valence-electron chi connectivity index (χ4n) is 3.06. The summed E-state index contributed by atoms with van der Waals surface area (Å²) >= 11 is 0. The molecule has 0 aliphatic carbocycles. The quantitative estimate of drug-likeness (QED) is 0.178. The van der Waals surface area contributed by atoms with E-state index in [0.29, 0.717) is 24.3 Å². The van der Waals surface area contributed by atoms with Gasteiger partial charge in [0.25, 0.3) is 0 Å².